The summed E-state index contributed by atoms with van der Waals surface area (Å²) in [6, 6.07) is 5.81. The Morgan fingerprint density at radius 3 is 3.05 bits per heavy atom. The number of halogens is 1. The highest BCUT2D eigenvalue weighted by Gasteiger charge is 2.04. The van der Waals surface area contributed by atoms with Gasteiger partial charge in [0.25, 0.3) is 5.56 Å². The number of hydrogen-bond acceptors (Lipinski definition) is 5. The van der Waals surface area contributed by atoms with Crippen LogP contribution in [0.4, 0.5) is 0 Å². The standard InChI is InChI=1S/C13H12ClN3OS2/c14-10-2-1-8(20-10)3-5-15-7-11-16-9-4-6-19-12(9)13(18)17-11/h1-2,4,6,15H,3,5,7H2,(H,16,17,18). The summed E-state index contributed by atoms with van der Waals surface area (Å²) in [4.78, 5) is 20.3. The molecule has 0 saturated heterocycles. The quantitative estimate of drug-likeness (QED) is 0.709. The Hall–Kier alpha value is -1.21. The number of nitrogens with zero attached hydrogens (tertiary/aromatic N) is 1. The van der Waals surface area contributed by atoms with E-state index in [1.165, 1.54) is 16.2 Å². The summed E-state index contributed by atoms with van der Waals surface area (Å²) < 4.78 is 1.50. The van der Waals surface area contributed by atoms with E-state index in [1.54, 1.807) is 11.3 Å². The zero-order valence-electron chi connectivity index (χ0n) is 10.5. The minimum atomic E-state index is -0.0631. The third-order valence-electron chi connectivity index (χ3n) is 2.83. The average molecular weight is 326 g/mol. The van der Waals surface area contributed by atoms with Gasteiger partial charge in [-0.05, 0) is 30.0 Å². The van der Waals surface area contributed by atoms with Gasteiger partial charge in [0.05, 0.1) is 16.4 Å². The molecule has 0 radical (unpaired) electrons. The van der Waals surface area contributed by atoms with Crippen molar-refractivity contribution in [2.45, 2.75) is 13.0 Å². The molecule has 3 aromatic rings. The SMILES string of the molecule is O=c1[nH]c(CNCCc2ccc(Cl)s2)nc2ccsc12. The minimum Gasteiger partial charge on any atom is -0.310 e. The molecule has 3 heterocycles. The van der Waals surface area contributed by atoms with E-state index < -0.39 is 0 Å². The Morgan fingerprint density at radius 2 is 2.25 bits per heavy atom. The highest BCUT2D eigenvalue weighted by molar-refractivity contribution is 7.17. The van der Waals surface area contributed by atoms with E-state index in [4.69, 9.17) is 11.6 Å². The third kappa shape index (κ3) is 3.09. The number of H-pyrrole nitrogens is 1. The van der Waals surface area contributed by atoms with Crippen molar-refractivity contribution in [3.05, 3.63) is 49.0 Å². The molecule has 3 rings (SSSR count). The number of thiophene rings is 2. The van der Waals surface area contributed by atoms with Crippen LogP contribution in [0.3, 0.4) is 0 Å². The van der Waals surface area contributed by atoms with Gasteiger partial charge in [0, 0.05) is 11.4 Å². The monoisotopic (exact) mass is 325 g/mol. The molecule has 0 bridgehead atoms. The topological polar surface area (TPSA) is 57.8 Å². The van der Waals surface area contributed by atoms with Gasteiger partial charge in [-0.1, -0.05) is 11.6 Å². The van der Waals surface area contributed by atoms with Crippen molar-refractivity contribution in [1.29, 1.82) is 0 Å². The molecule has 0 aliphatic carbocycles. The molecule has 0 saturated carbocycles. The van der Waals surface area contributed by atoms with Gasteiger partial charge in [-0.3, -0.25) is 4.79 Å². The van der Waals surface area contributed by atoms with Crippen LogP contribution in [0.1, 0.15) is 10.7 Å². The normalized spacial score (nSPS) is 11.2. The molecule has 7 heteroatoms. The molecular formula is C13H12ClN3OS2. The second kappa shape index (κ2) is 6.05. The van der Waals surface area contributed by atoms with E-state index in [-0.39, 0.29) is 5.56 Å². The first-order chi connectivity index (χ1) is 9.72. The lowest BCUT2D eigenvalue weighted by molar-refractivity contribution is 0.663. The van der Waals surface area contributed by atoms with E-state index in [0.717, 1.165) is 22.8 Å². The molecule has 20 heavy (non-hydrogen) atoms. The van der Waals surface area contributed by atoms with Crippen LogP contribution in [0.15, 0.2) is 28.4 Å². The van der Waals surface area contributed by atoms with Crippen molar-refractivity contribution < 1.29 is 0 Å². The van der Waals surface area contributed by atoms with Gasteiger partial charge in [-0.25, -0.2) is 4.98 Å². The Kier molecular flexibility index (Phi) is 4.16. The van der Waals surface area contributed by atoms with Crippen molar-refractivity contribution in [2.75, 3.05) is 6.54 Å². The van der Waals surface area contributed by atoms with Crippen molar-refractivity contribution in [3.8, 4) is 0 Å². The average Bonchev–Trinajstić information content (AvgIpc) is 3.04. The van der Waals surface area contributed by atoms with Crippen LogP contribution in [0, 0.1) is 0 Å². The zero-order chi connectivity index (χ0) is 13.9. The molecule has 0 spiro atoms. The molecule has 0 atom stereocenters. The molecule has 0 aliphatic rings. The van der Waals surface area contributed by atoms with Crippen LogP contribution in [0.5, 0.6) is 0 Å². The van der Waals surface area contributed by atoms with Gasteiger partial charge in [0.1, 0.15) is 10.5 Å². The number of aromatic nitrogens is 2. The fourth-order valence-electron chi connectivity index (χ4n) is 1.91. The first kappa shape index (κ1) is 13.8. The lowest BCUT2D eigenvalue weighted by Gasteiger charge is -2.03. The molecule has 4 nitrogen and oxygen atoms in total. The maximum atomic E-state index is 11.8. The van der Waals surface area contributed by atoms with Crippen LogP contribution in [-0.4, -0.2) is 16.5 Å². The van der Waals surface area contributed by atoms with Crippen molar-refractivity contribution in [1.82, 2.24) is 15.3 Å². The highest BCUT2D eigenvalue weighted by Crippen LogP contribution is 2.21. The summed E-state index contributed by atoms with van der Waals surface area (Å²) in [6.07, 6.45) is 0.919. The molecule has 2 N–H and O–H groups in total. The Morgan fingerprint density at radius 1 is 1.35 bits per heavy atom. The van der Waals surface area contributed by atoms with Crippen LogP contribution < -0.4 is 10.9 Å². The summed E-state index contributed by atoms with van der Waals surface area (Å²) in [6.45, 7) is 1.38. The highest BCUT2D eigenvalue weighted by atomic mass is 35.5. The number of nitrogens with one attached hydrogen (secondary N) is 2. The van der Waals surface area contributed by atoms with Crippen molar-refractivity contribution in [2.24, 2.45) is 0 Å². The van der Waals surface area contributed by atoms with Gasteiger partial charge in [-0.2, -0.15) is 0 Å². The summed E-state index contributed by atoms with van der Waals surface area (Å²) in [5.41, 5.74) is 0.701. The van der Waals surface area contributed by atoms with Crippen molar-refractivity contribution in [3.63, 3.8) is 0 Å². The second-order valence-electron chi connectivity index (χ2n) is 4.28. The Balaban J connectivity index is 1.58. The molecule has 0 fully saturated rings. The number of fused-ring (bicyclic) bond motifs is 1. The summed E-state index contributed by atoms with van der Waals surface area (Å²) in [7, 11) is 0. The molecular weight excluding hydrogens is 314 g/mol. The van der Waals surface area contributed by atoms with E-state index in [9.17, 15) is 4.79 Å². The fraction of sp³-hybridized carbons (Fsp3) is 0.231. The van der Waals surface area contributed by atoms with E-state index in [2.05, 4.69) is 15.3 Å². The smallest absolute Gasteiger partial charge is 0.268 e. The van der Waals surface area contributed by atoms with E-state index in [0.29, 0.717) is 17.1 Å². The minimum absolute atomic E-state index is 0.0631. The molecule has 3 aromatic heterocycles. The maximum Gasteiger partial charge on any atom is 0.268 e. The fourth-order valence-corrected chi connectivity index (χ4v) is 3.72. The van der Waals surface area contributed by atoms with Crippen LogP contribution >= 0.6 is 34.3 Å². The predicted octanol–water partition coefficient (Wildman–Crippen LogP) is 3.03. The molecule has 0 amide bonds. The van der Waals surface area contributed by atoms with Crippen LogP contribution in [0.25, 0.3) is 10.2 Å². The predicted molar refractivity (Wildman–Crippen MR) is 85.0 cm³/mol. The third-order valence-corrected chi connectivity index (χ3v) is 5.03. The number of aromatic amines is 1. The largest absolute Gasteiger partial charge is 0.310 e. The van der Waals surface area contributed by atoms with Gasteiger partial charge in [0.15, 0.2) is 0 Å². The van der Waals surface area contributed by atoms with Crippen molar-refractivity contribution >= 4 is 44.5 Å². The molecule has 0 aliphatic heterocycles. The lowest BCUT2D eigenvalue weighted by atomic mass is 10.3. The molecule has 0 aromatic carbocycles. The zero-order valence-corrected chi connectivity index (χ0v) is 12.9. The first-order valence-electron chi connectivity index (χ1n) is 6.14. The number of hydrogen-bond donors (Lipinski definition) is 2. The lowest BCUT2D eigenvalue weighted by Crippen LogP contribution is -2.20. The Labute approximate surface area is 128 Å². The molecule has 104 valence electrons. The summed E-state index contributed by atoms with van der Waals surface area (Å²) in [5.74, 6) is 0.671. The summed E-state index contributed by atoms with van der Waals surface area (Å²) >= 11 is 8.89. The first-order valence-corrected chi connectivity index (χ1v) is 8.21. The Bertz CT molecular complexity index is 777. The van der Waals surface area contributed by atoms with Gasteiger partial charge in [0.2, 0.25) is 0 Å². The van der Waals surface area contributed by atoms with Gasteiger partial charge >= 0.3 is 0 Å². The van der Waals surface area contributed by atoms with Crippen LogP contribution in [-0.2, 0) is 13.0 Å². The van der Waals surface area contributed by atoms with E-state index >= 15 is 0 Å². The summed E-state index contributed by atoms with van der Waals surface area (Å²) in [5, 5.41) is 5.16. The van der Waals surface area contributed by atoms with Gasteiger partial charge in [-0.15, -0.1) is 22.7 Å². The van der Waals surface area contributed by atoms with Crippen LogP contribution in [0.2, 0.25) is 4.34 Å². The molecule has 0 unspecified atom stereocenters. The second-order valence-corrected chi connectivity index (χ2v) is 7.00. The number of rotatable bonds is 5. The maximum absolute atomic E-state index is 11.8. The van der Waals surface area contributed by atoms with Gasteiger partial charge < -0.3 is 10.3 Å². The van der Waals surface area contributed by atoms with E-state index in [1.807, 2.05) is 23.6 Å².